The molecule has 17 heteroatoms. The number of aromatic nitrogens is 3. The first kappa shape index (κ1) is 54.9. The number of hydrogen-bond acceptors (Lipinski definition) is 13. The number of likely N-dealkylation sites (tertiary alicyclic amines) is 1. The van der Waals surface area contributed by atoms with Gasteiger partial charge in [-0.25, -0.2) is 4.98 Å². The fourth-order valence-electron chi connectivity index (χ4n) is 9.27. The highest BCUT2D eigenvalue weighted by molar-refractivity contribution is 7.22. The van der Waals surface area contributed by atoms with E-state index in [0.29, 0.717) is 36.4 Å². The number of ketones is 1. The van der Waals surface area contributed by atoms with Crippen LogP contribution >= 0.6 is 22.7 Å². The summed E-state index contributed by atoms with van der Waals surface area (Å²) in [5.41, 5.74) is 6.62. The summed E-state index contributed by atoms with van der Waals surface area (Å²) in [6.07, 6.45) is 4.27. The molecule has 8 rings (SSSR count). The van der Waals surface area contributed by atoms with Crippen LogP contribution in [0.2, 0.25) is 0 Å². The van der Waals surface area contributed by atoms with Gasteiger partial charge in [-0.1, -0.05) is 63.8 Å². The zero-order valence-corrected chi connectivity index (χ0v) is 45.3. The molecule has 76 heavy (non-hydrogen) atoms. The number of β-amino-alcohol motifs (C(OH)–C–C–N with tert-alkyl or cyclic N) is 1. The molecule has 1 aliphatic rings. The smallest absolute Gasteiger partial charge is 0.246 e. The second kappa shape index (κ2) is 24.5. The summed E-state index contributed by atoms with van der Waals surface area (Å²) in [5.74, 6) is 6.06. The Hall–Kier alpha value is -7.36. The molecule has 0 spiro atoms. The van der Waals surface area contributed by atoms with Gasteiger partial charge in [0.1, 0.15) is 35.9 Å². The van der Waals surface area contributed by atoms with Crippen molar-refractivity contribution in [2.75, 3.05) is 32.8 Å². The molecule has 1 aliphatic heterocycles. The van der Waals surface area contributed by atoms with E-state index >= 15 is 0 Å². The summed E-state index contributed by atoms with van der Waals surface area (Å²) in [4.78, 5) is 65.2. The lowest BCUT2D eigenvalue weighted by Crippen LogP contribution is -2.57. The van der Waals surface area contributed by atoms with Gasteiger partial charge in [0, 0.05) is 71.2 Å². The van der Waals surface area contributed by atoms with Gasteiger partial charge in [-0.15, -0.1) is 22.7 Å². The third kappa shape index (κ3) is 13.5. The Morgan fingerprint density at radius 2 is 1.63 bits per heavy atom. The first-order chi connectivity index (χ1) is 36.4. The van der Waals surface area contributed by atoms with Crippen LogP contribution in [0.4, 0.5) is 0 Å². The van der Waals surface area contributed by atoms with Crippen LogP contribution in [0.15, 0.2) is 109 Å². The number of aryl methyl sites for hydroxylation is 2. The van der Waals surface area contributed by atoms with Crippen LogP contribution in [-0.2, 0) is 20.9 Å². The Morgan fingerprint density at radius 1 is 0.921 bits per heavy atom. The van der Waals surface area contributed by atoms with Crippen molar-refractivity contribution in [1.82, 2.24) is 35.2 Å². The number of fused-ring (bicyclic) bond motifs is 1. The van der Waals surface area contributed by atoms with E-state index in [1.54, 1.807) is 95.1 Å². The van der Waals surface area contributed by atoms with Crippen molar-refractivity contribution in [3.63, 3.8) is 0 Å². The predicted octanol–water partition coefficient (Wildman–Crippen LogP) is 9.13. The molecule has 396 valence electrons. The van der Waals surface area contributed by atoms with E-state index in [0.717, 1.165) is 67.3 Å². The minimum atomic E-state index is -0.946. The molecule has 4 heterocycles. The van der Waals surface area contributed by atoms with Crippen LogP contribution in [0.1, 0.15) is 99.1 Å². The highest BCUT2D eigenvalue weighted by atomic mass is 32.1. The monoisotopic (exact) mass is 1060 g/mol. The molecule has 15 nitrogen and oxygen atoms in total. The molecular formula is C59H65N7O8S2. The molecule has 1 fully saturated rings. The summed E-state index contributed by atoms with van der Waals surface area (Å²) >= 11 is 2.99. The van der Waals surface area contributed by atoms with Gasteiger partial charge in [-0.2, -0.15) is 5.10 Å². The zero-order chi connectivity index (χ0) is 54.1. The van der Waals surface area contributed by atoms with Crippen molar-refractivity contribution in [2.45, 2.75) is 98.0 Å². The van der Waals surface area contributed by atoms with Gasteiger partial charge < -0.3 is 40.5 Å². The number of aromatic hydroxyl groups is 2. The number of carbonyl (C=O) groups excluding carboxylic acids is 4. The number of nitrogens with one attached hydrogen (secondary N) is 2. The number of unbranched alkanes of at least 4 members (excludes halogenated alkanes) is 1. The number of ether oxygens (including phenoxy) is 1. The third-order valence-corrected chi connectivity index (χ3v) is 15.7. The summed E-state index contributed by atoms with van der Waals surface area (Å²) in [5, 5.41) is 41.8. The van der Waals surface area contributed by atoms with E-state index < -0.39 is 29.5 Å². The average molecular weight is 1060 g/mol. The molecule has 5 N–H and O–H groups in total. The summed E-state index contributed by atoms with van der Waals surface area (Å²) in [6, 6.07) is 24.6. The maximum atomic E-state index is 14.2. The van der Waals surface area contributed by atoms with Crippen molar-refractivity contribution in [3.05, 3.63) is 137 Å². The lowest BCUT2D eigenvalue weighted by Gasteiger charge is -2.35. The van der Waals surface area contributed by atoms with E-state index in [-0.39, 0.29) is 61.1 Å². The fraction of sp³-hybridized carbons (Fsp3) is 0.356. The Bertz CT molecular complexity index is 3220. The molecule has 7 aromatic rings. The van der Waals surface area contributed by atoms with E-state index in [1.165, 1.54) is 16.2 Å². The largest absolute Gasteiger partial charge is 0.508 e. The number of aliphatic hydroxyl groups is 1. The zero-order valence-electron chi connectivity index (χ0n) is 43.7. The Balaban J connectivity index is 0.764. The fourth-order valence-corrected chi connectivity index (χ4v) is 11.3. The first-order valence-corrected chi connectivity index (χ1v) is 27.3. The van der Waals surface area contributed by atoms with Gasteiger partial charge in [-0.05, 0) is 122 Å². The molecule has 0 aliphatic carbocycles. The van der Waals surface area contributed by atoms with E-state index in [1.807, 2.05) is 64.4 Å². The number of nitrogens with zero attached hydrogens (tertiary/aromatic N) is 5. The molecule has 3 amide bonds. The maximum Gasteiger partial charge on any atom is 0.246 e. The number of amides is 3. The summed E-state index contributed by atoms with van der Waals surface area (Å²) in [6.45, 7) is 14.6. The molecule has 0 bridgehead atoms. The number of thiophene rings is 1. The highest BCUT2D eigenvalue weighted by Gasteiger charge is 2.44. The number of rotatable bonds is 20. The Labute approximate surface area is 451 Å². The van der Waals surface area contributed by atoms with Crippen LogP contribution in [0.25, 0.3) is 31.0 Å². The Morgan fingerprint density at radius 3 is 2.33 bits per heavy atom. The lowest BCUT2D eigenvalue weighted by atomic mass is 9.85. The van der Waals surface area contributed by atoms with E-state index in [4.69, 9.17) is 4.74 Å². The lowest BCUT2D eigenvalue weighted by molar-refractivity contribution is -0.144. The van der Waals surface area contributed by atoms with Gasteiger partial charge in [0.15, 0.2) is 5.78 Å². The van der Waals surface area contributed by atoms with Gasteiger partial charge in [-0.3, -0.25) is 23.9 Å². The quantitative estimate of drug-likeness (QED) is 0.0277. The summed E-state index contributed by atoms with van der Waals surface area (Å²) < 4.78 is 8.53. The van der Waals surface area contributed by atoms with E-state index in [9.17, 15) is 34.5 Å². The topological polar surface area (TPSA) is 199 Å². The van der Waals surface area contributed by atoms with Gasteiger partial charge in [0.25, 0.3) is 0 Å². The van der Waals surface area contributed by atoms with Crippen LogP contribution < -0.4 is 15.4 Å². The molecular weight excluding hydrogens is 999 g/mol. The normalized spacial score (nSPS) is 15.3. The summed E-state index contributed by atoms with van der Waals surface area (Å²) in [7, 11) is 0. The van der Waals surface area contributed by atoms with Gasteiger partial charge in [0.2, 0.25) is 17.7 Å². The van der Waals surface area contributed by atoms with Crippen molar-refractivity contribution >= 4 is 56.3 Å². The molecule has 1 saturated heterocycles. The van der Waals surface area contributed by atoms with Crippen molar-refractivity contribution in [1.29, 1.82) is 0 Å². The highest BCUT2D eigenvalue weighted by Crippen LogP contribution is 2.42. The second-order valence-electron chi connectivity index (χ2n) is 20.2. The minimum Gasteiger partial charge on any atom is -0.508 e. The van der Waals surface area contributed by atoms with Crippen LogP contribution in [0.5, 0.6) is 17.2 Å². The van der Waals surface area contributed by atoms with Crippen LogP contribution in [0, 0.1) is 24.2 Å². The van der Waals surface area contributed by atoms with Crippen molar-refractivity contribution in [3.8, 4) is 50.0 Å². The van der Waals surface area contributed by atoms with Gasteiger partial charge >= 0.3 is 0 Å². The predicted molar refractivity (Wildman–Crippen MR) is 297 cm³/mol. The van der Waals surface area contributed by atoms with Crippen molar-refractivity contribution in [2.24, 2.45) is 5.41 Å². The molecule has 0 unspecified atom stereocenters. The van der Waals surface area contributed by atoms with Crippen molar-refractivity contribution < 1.29 is 39.2 Å². The maximum absolute atomic E-state index is 14.2. The standard InChI is InChI=1S/C59H65N7O8S2/c1-7-64(29-30-74-47-23-18-41(19-24-47)53(71)52-48-25-22-45(68)32-50(48)76-55(52)43-16-20-44(67)21-17-43)27-10-8-9-11-39-33-61-65(34-39)28-26-51(70)63-56(59(4,5)6)58(73)66-35-46(69)31-49(66)57(72)62-37(2)40-12-14-42(15-13-40)54-38(3)60-36-75-54/h12-25,32-34,36-37,46,49,56,67-69H,7-8,10,26-31,35H2,1-6H3,(H,62,72)(H,63,70)/t37-,46+,49-,56+/m0/s1. The SMILES string of the molecule is CCN(CCCC#Cc1cnn(CCC(=O)N[C@H](C(=O)N2C[C@H](O)C[C@H]2C(=O)N[C@@H](C)c2ccc(-c3scnc3C)cc2)C(C)(C)C)c1)CCOc1ccc(C(=O)c2c(-c3ccc(O)cc3)sc3cc(O)ccc23)cc1. The number of thiazole rings is 1. The Kier molecular flexibility index (Phi) is 17.7. The number of phenolic OH excluding ortho intramolecular Hbond substituents is 2. The van der Waals surface area contributed by atoms with Crippen LogP contribution in [-0.4, -0.2) is 114 Å². The van der Waals surface area contributed by atoms with Crippen LogP contribution in [0.3, 0.4) is 0 Å². The molecule has 4 aromatic carbocycles. The molecule has 4 atom stereocenters. The van der Waals surface area contributed by atoms with Gasteiger partial charge in [0.05, 0.1) is 40.0 Å². The third-order valence-electron chi connectivity index (χ3n) is 13.5. The average Bonchev–Trinajstić information content (AvgIpc) is 4.24. The first-order valence-electron chi connectivity index (χ1n) is 25.6. The number of carbonyl (C=O) groups is 4. The number of benzene rings is 4. The minimum absolute atomic E-state index is 0.0147. The molecule has 0 radical (unpaired) electrons. The number of aliphatic hydroxyl groups excluding tert-OH is 1. The number of phenols is 2. The number of hydrogen-bond donors (Lipinski definition) is 5. The number of likely N-dealkylation sites (N-methyl/N-ethyl adjacent to an activating group) is 1. The molecule has 0 saturated carbocycles. The molecule has 3 aromatic heterocycles. The second-order valence-corrected chi connectivity index (χ2v) is 22.1. The van der Waals surface area contributed by atoms with E-state index in [2.05, 4.69) is 44.4 Å².